The highest BCUT2D eigenvalue weighted by Crippen LogP contribution is 2.71. The first-order valence-corrected chi connectivity index (χ1v) is 21.9. The molecule has 0 aromatic heterocycles. The quantitative estimate of drug-likeness (QED) is 0.108. The van der Waals surface area contributed by atoms with Crippen molar-refractivity contribution in [3.8, 4) is 0 Å². The van der Waals surface area contributed by atoms with Crippen LogP contribution in [0.3, 0.4) is 0 Å². The summed E-state index contributed by atoms with van der Waals surface area (Å²) in [4.78, 5) is 24.7. The predicted octanol–water partition coefficient (Wildman–Crippen LogP) is 8.29. The third-order valence-electron chi connectivity index (χ3n) is 11.8. The molecule has 5 aliphatic rings. The molecule has 46 heavy (non-hydrogen) atoms. The minimum atomic E-state index is -2.21. The van der Waals surface area contributed by atoms with Gasteiger partial charge in [0, 0.05) is 25.8 Å². The molecule has 256 valence electrons. The van der Waals surface area contributed by atoms with Gasteiger partial charge in [-0.3, -0.25) is 9.59 Å². The second-order valence-electron chi connectivity index (χ2n) is 15.9. The van der Waals surface area contributed by atoms with E-state index in [9.17, 15) is 9.59 Å². The molecule has 0 amide bonds. The van der Waals surface area contributed by atoms with Gasteiger partial charge in [0.2, 0.25) is 4.38 Å². The van der Waals surface area contributed by atoms with Crippen molar-refractivity contribution >= 4 is 48.6 Å². The van der Waals surface area contributed by atoms with E-state index in [2.05, 4.69) is 53.1 Å². The zero-order chi connectivity index (χ0) is 34.0. The van der Waals surface area contributed by atoms with Gasteiger partial charge in [0.15, 0.2) is 14.4 Å². The maximum Gasteiger partial charge on any atom is 0.302 e. The summed E-state index contributed by atoms with van der Waals surface area (Å²) < 4.78 is 33.4. The number of thiocarbonyl (C=S) groups is 1. The summed E-state index contributed by atoms with van der Waals surface area (Å²) in [5, 5.41) is 0. The minimum absolute atomic E-state index is 0.0170. The molecule has 0 saturated heterocycles. The number of fused-ring (bicyclic) bond motifs is 7. The molecule has 10 heteroatoms. The molecule has 7 nitrogen and oxygen atoms in total. The van der Waals surface area contributed by atoms with Gasteiger partial charge in [-0.05, 0) is 127 Å². The van der Waals surface area contributed by atoms with E-state index in [1.165, 1.54) is 31.2 Å². The molecule has 3 fully saturated rings. The maximum absolute atomic E-state index is 12.9. The summed E-state index contributed by atoms with van der Waals surface area (Å²) in [5.41, 5.74) is 1.86. The molecule has 1 heterocycles. The Hall–Kier alpha value is -1.62. The van der Waals surface area contributed by atoms with Crippen LogP contribution in [0.15, 0.2) is 35.1 Å². The fraction of sp³-hybridized carbons (Fsp3) is 0.750. The first-order valence-electron chi connectivity index (χ1n) is 16.9. The normalized spacial score (nSPS) is 38.7. The molecule has 3 saturated carbocycles. The van der Waals surface area contributed by atoms with Gasteiger partial charge in [0.05, 0.1) is 5.41 Å². The smallest absolute Gasteiger partial charge is 0.302 e. The SMILES string of the molecule is C=C(C)C[C@H](OC(=S)SC)C1=C(C)[C@@]2(O[Si](C)(C)C)[C@H](C=C3[C@@H]4CC[C@H]5C[C@@H](OC(C)=O)CC[C@]5(C)[C@H]4C[C@@H](OC(C)=O)[C@@]32C)O1. The Labute approximate surface area is 286 Å². The van der Waals surface area contributed by atoms with Gasteiger partial charge in [-0.15, -0.1) is 0 Å². The highest BCUT2D eigenvalue weighted by Gasteiger charge is 2.74. The highest BCUT2D eigenvalue weighted by molar-refractivity contribution is 8.22. The molecule has 5 rings (SSSR count). The fourth-order valence-electron chi connectivity index (χ4n) is 10.1. The Morgan fingerprint density at radius 3 is 2.37 bits per heavy atom. The van der Waals surface area contributed by atoms with Gasteiger partial charge in [0.1, 0.15) is 29.7 Å². The van der Waals surface area contributed by atoms with Crippen LogP contribution in [0.2, 0.25) is 19.6 Å². The Balaban J connectivity index is 1.61. The van der Waals surface area contributed by atoms with Crippen LogP contribution in [0.4, 0.5) is 0 Å². The molecule has 0 aromatic carbocycles. The summed E-state index contributed by atoms with van der Waals surface area (Å²) in [7, 11) is -2.21. The van der Waals surface area contributed by atoms with Crippen molar-refractivity contribution in [1.29, 1.82) is 0 Å². The second kappa shape index (κ2) is 12.7. The largest absolute Gasteiger partial charge is 0.483 e. The first-order chi connectivity index (χ1) is 21.4. The minimum Gasteiger partial charge on any atom is -0.483 e. The summed E-state index contributed by atoms with van der Waals surface area (Å²) >= 11 is 6.92. The zero-order valence-electron chi connectivity index (χ0n) is 29.4. The van der Waals surface area contributed by atoms with Crippen molar-refractivity contribution in [2.45, 2.75) is 136 Å². The Morgan fingerprint density at radius 1 is 1.11 bits per heavy atom. The molecule has 1 aliphatic heterocycles. The fourth-order valence-corrected chi connectivity index (χ4v) is 11.8. The van der Waals surface area contributed by atoms with Crippen LogP contribution in [-0.2, 0) is 33.0 Å². The van der Waals surface area contributed by atoms with Crippen molar-refractivity contribution in [1.82, 2.24) is 0 Å². The third-order valence-corrected chi connectivity index (χ3v) is 13.7. The molecule has 0 spiro atoms. The number of carbonyl (C=O) groups is 2. The van der Waals surface area contributed by atoms with Crippen molar-refractivity contribution < 1.29 is 33.0 Å². The Morgan fingerprint density at radius 2 is 1.78 bits per heavy atom. The molecule has 0 aromatic rings. The molecule has 0 N–H and O–H groups in total. The van der Waals surface area contributed by atoms with Crippen LogP contribution in [0.5, 0.6) is 0 Å². The molecular formula is C36H54O7S2Si. The number of hydrogen-bond acceptors (Lipinski definition) is 9. The molecule has 4 aliphatic carbocycles. The average Bonchev–Trinajstić information content (AvgIpc) is 3.34. The van der Waals surface area contributed by atoms with Gasteiger partial charge in [-0.25, -0.2) is 0 Å². The molecular weight excluding hydrogens is 637 g/mol. The number of carbonyl (C=O) groups excluding carboxylic acids is 2. The summed E-state index contributed by atoms with van der Waals surface area (Å²) in [6.07, 6.45) is 9.25. The summed E-state index contributed by atoms with van der Waals surface area (Å²) in [6.45, 7) is 22.7. The standard InChI is InChI=1S/C36H54O7S2Si/c1-20(2)16-29(41-33(44)45-8)32-21(3)36(43-46(9,10)11)31(42-32)19-28-26-13-12-24-17-25(39-22(4)37)14-15-34(24,6)27(26)18-30(35(28,36)7)40-23(5)38/h19,24-27,29-31H,1,12-18H2,2-11H3/t24-,25-,26+,27-,29-,30+,31-,34-,35+,36+/m0/s1. The van der Waals surface area contributed by atoms with E-state index in [0.717, 1.165) is 55.4 Å². The van der Waals surface area contributed by atoms with Gasteiger partial charge in [-0.2, -0.15) is 0 Å². The monoisotopic (exact) mass is 690 g/mol. The van der Waals surface area contributed by atoms with Crippen molar-refractivity contribution in [3.63, 3.8) is 0 Å². The predicted molar refractivity (Wildman–Crippen MR) is 189 cm³/mol. The topological polar surface area (TPSA) is 80.3 Å². The van der Waals surface area contributed by atoms with Gasteiger partial charge in [0.25, 0.3) is 0 Å². The number of rotatable bonds is 8. The van der Waals surface area contributed by atoms with E-state index in [1.54, 1.807) is 0 Å². The maximum atomic E-state index is 12.9. The van der Waals surface area contributed by atoms with Crippen molar-refractivity contribution in [3.05, 3.63) is 35.1 Å². The van der Waals surface area contributed by atoms with Gasteiger partial charge in [-0.1, -0.05) is 36.4 Å². The van der Waals surface area contributed by atoms with E-state index < -0.39 is 31.5 Å². The number of thioether (sulfide) groups is 1. The highest BCUT2D eigenvalue weighted by atomic mass is 32.2. The van der Waals surface area contributed by atoms with Crippen molar-refractivity contribution in [2.75, 3.05) is 6.26 Å². The second-order valence-corrected chi connectivity index (χ2v) is 21.7. The lowest BCUT2D eigenvalue weighted by atomic mass is 9.44. The van der Waals surface area contributed by atoms with Gasteiger partial charge >= 0.3 is 11.9 Å². The Kier molecular flexibility index (Phi) is 9.84. The zero-order valence-corrected chi connectivity index (χ0v) is 32.1. The van der Waals surface area contributed by atoms with Crippen LogP contribution >= 0.6 is 24.0 Å². The van der Waals surface area contributed by atoms with Crippen LogP contribution < -0.4 is 0 Å². The van der Waals surface area contributed by atoms with E-state index in [1.807, 2.05) is 13.2 Å². The lowest BCUT2D eigenvalue weighted by Gasteiger charge is -2.62. The molecule has 10 atom stereocenters. The van der Waals surface area contributed by atoms with Crippen LogP contribution in [0.25, 0.3) is 0 Å². The molecule has 0 radical (unpaired) electrons. The van der Waals surface area contributed by atoms with Crippen LogP contribution in [-0.4, -0.2) is 60.9 Å². The van der Waals surface area contributed by atoms with Crippen molar-refractivity contribution in [2.24, 2.45) is 28.6 Å². The van der Waals surface area contributed by atoms with E-state index in [0.29, 0.717) is 28.6 Å². The lowest BCUT2D eigenvalue weighted by molar-refractivity contribution is -0.185. The van der Waals surface area contributed by atoms with E-state index >= 15 is 0 Å². The molecule has 0 bridgehead atoms. The average molecular weight is 691 g/mol. The molecule has 0 unspecified atom stereocenters. The summed E-state index contributed by atoms with van der Waals surface area (Å²) in [6, 6.07) is 0. The van der Waals surface area contributed by atoms with E-state index in [-0.39, 0.29) is 29.6 Å². The Bertz CT molecular complexity index is 1350. The number of hydrogen-bond donors (Lipinski definition) is 0. The first kappa shape index (κ1) is 35.7. The van der Waals surface area contributed by atoms with Crippen LogP contribution in [0.1, 0.15) is 86.5 Å². The summed E-state index contributed by atoms with van der Waals surface area (Å²) in [5.74, 6) is 1.38. The lowest BCUT2D eigenvalue weighted by Crippen LogP contribution is -2.65. The van der Waals surface area contributed by atoms with Crippen LogP contribution in [0, 0.1) is 28.6 Å². The number of ether oxygens (including phenoxy) is 4. The third kappa shape index (κ3) is 5.96. The number of esters is 2. The van der Waals surface area contributed by atoms with E-state index in [4.69, 9.17) is 35.6 Å². The van der Waals surface area contributed by atoms with Gasteiger partial charge < -0.3 is 23.4 Å².